The summed E-state index contributed by atoms with van der Waals surface area (Å²) in [4.78, 5) is 33.7. The molecule has 2 saturated heterocycles. The van der Waals surface area contributed by atoms with Crippen molar-refractivity contribution in [2.75, 3.05) is 26.2 Å². The highest BCUT2D eigenvalue weighted by atomic mass is 19.3. The zero-order valence-corrected chi connectivity index (χ0v) is 22.2. The van der Waals surface area contributed by atoms with Crippen LogP contribution in [-0.2, 0) is 4.74 Å². The third-order valence-corrected chi connectivity index (χ3v) is 6.68. The van der Waals surface area contributed by atoms with E-state index in [1.807, 2.05) is 20.8 Å². The second-order valence-electron chi connectivity index (χ2n) is 10.9. The molecule has 0 radical (unpaired) electrons. The number of alkyl halides is 2. The lowest BCUT2D eigenvalue weighted by molar-refractivity contribution is -0.0498. The number of aromatic nitrogens is 2. The summed E-state index contributed by atoms with van der Waals surface area (Å²) < 4.78 is 40.4. The zero-order chi connectivity index (χ0) is 27.4. The number of amides is 3. The fourth-order valence-corrected chi connectivity index (χ4v) is 4.97. The molecule has 2 fully saturated rings. The number of alkyl carbamates (subject to hydrolysis) is 1. The number of halogens is 2. The highest BCUT2D eigenvalue weighted by molar-refractivity contribution is 5.75. The van der Waals surface area contributed by atoms with E-state index < -0.39 is 18.3 Å². The minimum absolute atomic E-state index is 0.0584. The molecule has 2 unspecified atom stereocenters. The van der Waals surface area contributed by atoms with Crippen molar-refractivity contribution in [1.29, 1.82) is 0 Å². The summed E-state index contributed by atoms with van der Waals surface area (Å²) in [5, 5.41) is 6.80. The van der Waals surface area contributed by atoms with Gasteiger partial charge >= 0.3 is 18.7 Å². The number of nitrogens with zero attached hydrogens (tertiary/aromatic N) is 4. The van der Waals surface area contributed by atoms with Gasteiger partial charge in [-0.1, -0.05) is 17.3 Å². The number of likely N-dealkylation sites (tertiary alicyclic amines) is 2. The lowest BCUT2D eigenvalue weighted by Gasteiger charge is -2.41. The largest absolute Gasteiger partial charge is 0.444 e. The van der Waals surface area contributed by atoms with Gasteiger partial charge in [0.2, 0.25) is 5.89 Å². The molecule has 12 heteroatoms. The topological polar surface area (TPSA) is 110 Å². The fraction of sp³-hybridized carbons (Fsp3) is 0.615. The Morgan fingerprint density at radius 1 is 1.08 bits per heavy atom. The maximum absolute atomic E-state index is 13.6. The molecule has 0 aliphatic carbocycles. The summed E-state index contributed by atoms with van der Waals surface area (Å²) in [6, 6.07) is 6.36. The van der Waals surface area contributed by atoms with Crippen LogP contribution in [0, 0.1) is 6.92 Å². The van der Waals surface area contributed by atoms with Gasteiger partial charge in [-0.3, -0.25) is 0 Å². The van der Waals surface area contributed by atoms with Gasteiger partial charge in [-0.05, 0) is 64.7 Å². The summed E-state index contributed by atoms with van der Waals surface area (Å²) >= 11 is 0. The van der Waals surface area contributed by atoms with Crippen LogP contribution in [0.2, 0.25) is 0 Å². The molecule has 2 aliphatic heterocycles. The second kappa shape index (κ2) is 11.5. The van der Waals surface area contributed by atoms with E-state index in [4.69, 9.17) is 9.26 Å². The van der Waals surface area contributed by atoms with Gasteiger partial charge in [-0.2, -0.15) is 13.8 Å². The van der Waals surface area contributed by atoms with Gasteiger partial charge < -0.3 is 29.1 Å². The SMILES string of the molecule is Cc1noc(C2CC(c3ccc(OC(F)F)cc3)CN(C(=O)N3CCC(NC(=O)OC(C)(C)C)CC3)C2)n1. The predicted octanol–water partition coefficient (Wildman–Crippen LogP) is 4.66. The normalized spacial score (nSPS) is 20.9. The molecule has 0 saturated carbocycles. The van der Waals surface area contributed by atoms with Gasteiger partial charge in [0.25, 0.3) is 0 Å². The summed E-state index contributed by atoms with van der Waals surface area (Å²) in [5.41, 5.74) is 0.334. The predicted molar refractivity (Wildman–Crippen MR) is 133 cm³/mol. The van der Waals surface area contributed by atoms with Gasteiger partial charge in [-0.25, -0.2) is 9.59 Å². The Morgan fingerprint density at radius 2 is 1.74 bits per heavy atom. The third kappa shape index (κ3) is 7.32. The molecule has 10 nitrogen and oxygen atoms in total. The summed E-state index contributed by atoms with van der Waals surface area (Å²) in [5.74, 6) is 0.856. The van der Waals surface area contributed by atoms with Crippen molar-refractivity contribution in [2.45, 2.75) is 77.0 Å². The molecule has 2 atom stereocenters. The first-order chi connectivity index (χ1) is 18.0. The van der Waals surface area contributed by atoms with E-state index in [-0.39, 0.29) is 29.7 Å². The zero-order valence-electron chi connectivity index (χ0n) is 22.2. The van der Waals surface area contributed by atoms with Crippen molar-refractivity contribution in [3.63, 3.8) is 0 Å². The monoisotopic (exact) mass is 535 g/mol. The maximum Gasteiger partial charge on any atom is 0.407 e. The Hall–Kier alpha value is -3.44. The number of ether oxygens (including phenoxy) is 2. The van der Waals surface area contributed by atoms with E-state index in [1.54, 1.807) is 28.9 Å². The molecular weight excluding hydrogens is 500 g/mol. The van der Waals surface area contributed by atoms with Gasteiger partial charge in [0.15, 0.2) is 5.82 Å². The molecule has 2 aromatic rings. The minimum Gasteiger partial charge on any atom is -0.444 e. The molecule has 208 valence electrons. The van der Waals surface area contributed by atoms with Gasteiger partial charge in [0.05, 0.1) is 5.92 Å². The van der Waals surface area contributed by atoms with Crippen molar-refractivity contribution in [3.8, 4) is 5.75 Å². The van der Waals surface area contributed by atoms with E-state index in [9.17, 15) is 18.4 Å². The van der Waals surface area contributed by atoms with Crippen molar-refractivity contribution < 1.29 is 32.4 Å². The Labute approximate surface area is 220 Å². The van der Waals surface area contributed by atoms with Crippen LogP contribution in [0.1, 0.15) is 69.1 Å². The molecule has 4 rings (SSSR count). The number of hydrogen-bond donors (Lipinski definition) is 1. The molecular formula is C26H35F2N5O5. The Bertz CT molecular complexity index is 1100. The maximum atomic E-state index is 13.6. The Kier molecular flexibility index (Phi) is 8.37. The van der Waals surface area contributed by atoms with Crippen LogP contribution in [0.4, 0.5) is 18.4 Å². The van der Waals surface area contributed by atoms with E-state index in [1.165, 1.54) is 12.1 Å². The average molecular weight is 536 g/mol. The number of carbonyl (C=O) groups is 2. The summed E-state index contributed by atoms with van der Waals surface area (Å²) in [7, 11) is 0. The number of aryl methyl sites for hydroxylation is 1. The van der Waals surface area contributed by atoms with Crippen LogP contribution < -0.4 is 10.1 Å². The molecule has 1 N–H and O–H groups in total. The number of urea groups is 1. The summed E-state index contributed by atoms with van der Waals surface area (Å²) in [6.45, 7) is 6.20. The van der Waals surface area contributed by atoms with E-state index in [0.29, 0.717) is 57.2 Å². The minimum atomic E-state index is -2.89. The van der Waals surface area contributed by atoms with Crippen molar-refractivity contribution >= 4 is 12.1 Å². The first-order valence-corrected chi connectivity index (χ1v) is 12.8. The van der Waals surface area contributed by atoms with E-state index in [0.717, 1.165) is 5.56 Å². The van der Waals surface area contributed by atoms with Gasteiger partial charge in [-0.15, -0.1) is 0 Å². The number of carbonyl (C=O) groups excluding carboxylic acids is 2. The smallest absolute Gasteiger partial charge is 0.407 e. The van der Waals surface area contributed by atoms with Crippen LogP contribution in [0.25, 0.3) is 0 Å². The molecule has 2 aliphatic rings. The highest BCUT2D eigenvalue weighted by Gasteiger charge is 2.37. The molecule has 0 spiro atoms. The average Bonchev–Trinajstić information content (AvgIpc) is 3.29. The molecule has 3 heterocycles. The number of piperidine rings is 2. The van der Waals surface area contributed by atoms with E-state index >= 15 is 0 Å². The van der Waals surface area contributed by atoms with Crippen LogP contribution in [0.15, 0.2) is 28.8 Å². The van der Waals surface area contributed by atoms with Crippen LogP contribution in [-0.4, -0.2) is 76.5 Å². The third-order valence-electron chi connectivity index (χ3n) is 6.68. The number of rotatable bonds is 5. The van der Waals surface area contributed by atoms with Crippen LogP contribution in [0.3, 0.4) is 0 Å². The number of nitrogens with one attached hydrogen (secondary N) is 1. The molecule has 1 aromatic heterocycles. The lowest BCUT2D eigenvalue weighted by atomic mass is 9.84. The highest BCUT2D eigenvalue weighted by Crippen LogP contribution is 2.36. The molecule has 3 amide bonds. The Morgan fingerprint density at radius 3 is 2.32 bits per heavy atom. The first kappa shape index (κ1) is 27.6. The van der Waals surface area contributed by atoms with Crippen molar-refractivity contribution in [2.24, 2.45) is 0 Å². The lowest BCUT2D eigenvalue weighted by Crippen LogP contribution is -2.53. The Balaban J connectivity index is 1.42. The quantitative estimate of drug-likeness (QED) is 0.593. The fourth-order valence-electron chi connectivity index (χ4n) is 4.97. The van der Waals surface area contributed by atoms with Gasteiger partial charge in [0.1, 0.15) is 11.4 Å². The van der Waals surface area contributed by atoms with Crippen molar-refractivity contribution in [3.05, 3.63) is 41.5 Å². The summed E-state index contributed by atoms with van der Waals surface area (Å²) in [6.07, 6.45) is 1.46. The van der Waals surface area contributed by atoms with E-state index in [2.05, 4.69) is 20.2 Å². The molecule has 0 bridgehead atoms. The standard InChI is InChI=1S/C26H35F2N5O5/c1-16-29-22(38-31-16)19-13-18(17-5-7-21(8-6-17)36-23(27)28)14-33(15-19)25(35)32-11-9-20(10-12-32)30-24(34)37-26(2,3)4/h5-8,18-20,23H,9-15H2,1-4H3,(H,30,34). The first-order valence-electron chi connectivity index (χ1n) is 12.8. The number of hydrogen-bond acceptors (Lipinski definition) is 7. The van der Waals surface area contributed by atoms with Crippen LogP contribution >= 0.6 is 0 Å². The second-order valence-corrected chi connectivity index (χ2v) is 10.9. The number of benzene rings is 1. The molecule has 38 heavy (non-hydrogen) atoms. The van der Waals surface area contributed by atoms with Crippen LogP contribution in [0.5, 0.6) is 5.75 Å². The van der Waals surface area contributed by atoms with Gasteiger partial charge in [0, 0.05) is 38.1 Å². The molecule has 1 aromatic carbocycles. The van der Waals surface area contributed by atoms with Crippen molar-refractivity contribution in [1.82, 2.24) is 25.3 Å².